The summed E-state index contributed by atoms with van der Waals surface area (Å²) in [5.41, 5.74) is 4.12. The minimum Gasteiger partial charge on any atom is -0.362 e. The van der Waals surface area contributed by atoms with Gasteiger partial charge in [-0.1, -0.05) is 23.7 Å². The van der Waals surface area contributed by atoms with Gasteiger partial charge in [0.15, 0.2) is 5.11 Å². The van der Waals surface area contributed by atoms with E-state index in [4.69, 9.17) is 23.8 Å². The Hall–Kier alpha value is -1.17. The lowest BCUT2D eigenvalue weighted by Gasteiger charge is -2.21. The standard InChI is InChI=1S/C15H21ClN4S/c1-2-17-15(21)19-18-10-14-4-3-9-20(14)11-12-5-7-13(16)8-6-12/h5-8,10,14H,2-4,9,11H2,1H3,(H2,17,19,21)/b18-10+/t14-/m0/s1. The van der Waals surface area contributed by atoms with E-state index in [1.807, 2.05) is 25.3 Å². The van der Waals surface area contributed by atoms with Crippen LogP contribution in [0.3, 0.4) is 0 Å². The Balaban J connectivity index is 1.86. The molecule has 1 saturated heterocycles. The van der Waals surface area contributed by atoms with Gasteiger partial charge in [-0.15, -0.1) is 0 Å². The normalized spacial score (nSPS) is 19.0. The first kappa shape index (κ1) is 16.2. The quantitative estimate of drug-likeness (QED) is 0.496. The van der Waals surface area contributed by atoms with Crippen LogP contribution in [0.15, 0.2) is 29.4 Å². The van der Waals surface area contributed by atoms with Crippen molar-refractivity contribution in [2.75, 3.05) is 13.1 Å². The minimum absolute atomic E-state index is 0.359. The van der Waals surface area contributed by atoms with Crippen molar-refractivity contribution in [1.82, 2.24) is 15.6 Å². The van der Waals surface area contributed by atoms with Gasteiger partial charge in [0, 0.05) is 30.4 Å². The first-order valence-corrected chi connectivity index (χ1v) is 8.03. The van der Waals surface area contributed by atoms with Crippen LogP contribution in [0.1, 0.15) is 25.3 Å². The lowest BCUT2D eigenvalue weighted by molar-refractivity contribution is 0.297. The minimum atomic E-state index is 0.359. The van der Waals surface area contributed by atoms with Gasteiger partial charge in [-0.05, 0) is 56.2 Å². The van der Waals surface area contributed by atoms with E-state index in [2.05, 4.69) is 32.9 Å². The Morgan fingerprint density at radius 3 is 2.95 bits per heavy atom. The third-order valence-corrected chi connectivity index (χ3v) is 3.95. The van der Waals surface area contributed by atoms with Crippen molar-refractivity contribution >= 4 is 35.1 Å². The van der Waals surface area contributed by atoms with Gasteiger partial charge < -0.3 is 5.32 Å². The first-order valence-electron chi connectivity index (χ1n) is 7.24. The zero-order valence-electron chi connectivity index (χ0n) is 12.2. The van der Waals surface area contributed by atoms with E-state index in [0.717, 1.165) is 31.1 Å². The van der Waals surface area contributed by atoms with Crippen molar-refractivity contribution in [3.63, 3.8) is 0 Å². The molecule has 1 atom stereocenters. The van der Waals surface area contributed by atoms with E-state index >= 15 is 0 Å². The topological polar surface area (TPSA) is 39.7 Å². The summed E-state index contributed by atoms with van der Waals surface area (Å²) < 4.78 is 0. The smallest absolute Gasteiger partial charge is 0.186 e. The Kier molecular flexibility index (Phi) is 6.42. The van der Waals surface area contributed by atoms with E-state index in [0.29, 0.717) is 11.2 Å². The van der Waals surface area contributed by atoms with E-state index in [9.17, 15) is 0 Å². The average molecular weight is 325 g/mol. The maximum Gasteiger partial charge on any atom is 0.186 e. The van der Waals surface area contributed by atoms with Gasteiger partial charge in [0.05, 0.1) is 0 Å². The molecule has 0 saturated carbocycles. The zero-order chi connectivity index (χ0) is 15.1. The van der Waals surface area contributed by atoms with Gasteiger partial charge >= 0.3 is 0 Å². The van der Waals surface area contributed by atoms with Crippen molar-refractivity contribution in [1.29, 1.82) is 0 Å². The highest BCUT2D eigenvalue weighted by molar-refractivity contribution is 7.80. The molecule has 1 aromatic rings. The van der Waals surface area contributed by atoms with E-state index in [1.54, 1.807) is 0 Å². The summed E-state index contributed by atoms with van der Waals surface area (Å²) in [6.07, 6.45) is 4.28. The summed E-state index contributed by atoms with van der Waals surface area (Å²) in [6, 6.07) is 8.39. The molecule has 1 aliphatic rings. The van der Waals surface area contributed by atoms with Gasteiger partial charge in [0.1, 0.15) is 0 Å². The molecule has 0 amide bonds. The van der Waals surface area contributed by atoms with Crippen LogP contribution < -0.4 is 10.7 Å². The highest BCUT2D eigenvalue weighted by atomic mass is 35.5. The highest BCUT2D eigenvalue weighted by Gasteiger charge is 2.22. The molecule has 2 rings (SSSR count). The molecule has 0 radical (unpaired) electrons. The van der Waals surface area contributed by atoms with Gasteiger partial charge in [0.2, 0.25) is 0 Å². The number of thiocarbonyl (C=S) groups is 1. The second-order valence-electron chi connectivity index (χ2n) is 5.06. The lowest BCUT2D eigenvalue weighted by Crippen LogP contribution is -2.34. The molecule has 6 heteroatoms. The second kappa shape index (κ2) is 8.32. The largest absolute Gasteiger partial charge is 0.362 e. The fraction of sp³-hybridized carbons (Fsp3) is 0.467. The molecule has 0 spiro atoms. The fourth-order valence-corrected chi connectivity index (χ4v) is 2.75. The number of hydrogen-bond donors (Lipinski definition) is 2. The van der Waals surface area contributed by atoms with E-state index in [-0.39, 0.29) is 0 Å². The molecule has 1 aliphatic heterocycles. The van der Waals surface area contributed by atoms with Crippen molar-refractivity contribution in [2.24, 2.45) is 5.10 Å². The summed E-state index contributed by atoms with van der Waals surface area (Å²) in [7, 11) is 0. The Morgan fingerprint density at radius 2 is 2.24 bits per heavy atom. The Bertz CT molecular complexity index is 489. The summed E-state index contributed by atoms with van der Waals surface area (Å²) in [6.45, 7) is 4.82. The van der Waals surface area contributed by atoms with Crippen molar-refractivity contribution in [2.45, 2.75) is 32.4 Å². The number of hydrogen-bond acceptors (Lipinski definition) is 3. The van der Waals surface area contributed by atoms with Crippen LogP contribution in [-0.4, -0.2) is 35.4 Å². The predicted octanol–water partition coefficient (Wildman–Crippen LogP) is 2.77. The molecule has 0 aliphatic carbocycles. The van der Waals surface area contributed by atoms with Crippen molar-refractivity contribution < 1.29 is 0 Å². The van der Waals surface area contributed by atoms with Crippen LogP contribution in [0.2, 0.25) is 5.02 Å². The molecule has 21 heavy (non-hydrogen) atoms. The average Bonchev–Trinajstić information content (AvgIpc) is 2.89. The van der Waals surface area contributed by atoms with E-state index < -0.39 is 0 Å². The molecule has 0 unspecified atom stereocenters. The number of nitrogens with zero attached hydrogens (tertiary/aromatic N) is 2. The Morgan fingerprint density at radius 1 is 1.48 bits per heavy atom. The van der Waals surface area contributed by atoms with Gasteiger partial charge in [0.25, 0.3) is 0 Å². The maximum absolute atomic E-state index is 5.92. The first-order chi connectivity index (χ1) is 10.2. The summed E-state index contributed by atoms with van der Waals surface area (Å²) in [5, 5.41) is 8.59. The molecule has 1 heterocycles. The molecular weight excluding hydrogens is 304 g/mol. The third kappa shape index (κ3) is 5.26. The molecule has 114 valence electrons. The van der Waals surface area contributed by atoms with Gasteiger partial charge in [-0.2, -0.15) is 5.10 Å². The SMILES string of the molecule is CCNC(=S)N/N=C/[C@@H]1CCCN1Cc1ccc(Cl)cc1. The number of benzene rings is 1. The molecule has 4 nitrogen and oxygen atoms in total. The zero-order valence-corrected chi connectivity index (χ0v) is 13.8. The van der Waals surface area contributed by atoms with Crippen molar-refractivity contribution in [3.8, 4) is 0 Å². The number of halogens is 1. The second-order valence-corrected chi connectivity index (χ2v) is 5.90. The molecule has 2 N–H and O–H groups in total. The van der Waals surface area contributed by atoms with Crippen molar-refractivity contribution in [3.05, 3.63) is 34.9 Å². The van der Waals surface area contributed by atoms with Crippen LogP contribution in [0.5, 0.6) is 0 Å². The van der Waals surface area contributed by atoms with Gasteiger partial charge in [-0.25, -0.2) is 0 Å². The summed E-state index contributed by atoms with van der Waals surface area (Å²) >= 11 is 11.0. The monoisotopic (exact) mass is 324 g/mol. The number of nitrogens with one attached hydrogen (secondary N) is 2. The third-order valence-electron chi connectivity index (χ3n) is 3.46. The van der Waals surface area contributed by atoms with Gasteiger partial charge in [-0.3, -0.25) is 10.3 Å². The van der Waals surface area contributed by atoms with Crippen LogP contribution in [0.25, 0.3) is 0 Å². The summed E-state index contributed by atoms with van der Waals surface area (Å²) in [4.78, 5) is 2.42. The molecular formula is C15H21ClN4S. The number of likely N-dealkylation sites (tertiary alicyclic amines) is 1. The number of rotatable bonds is 5. The van der Waals surface area contributed by atoms with Crippen LogP contribution >= 0.6 is 23.8 Å². The van der Waals surface area contributed by atoms with Crippen LogP contribution in [0, 0.1) is 0 Å². The molecule has 0 bridgehead atoms. The lowest BCUT2D eigenvalue weighted by atomic mass is 10.2. The predicted molar refractivity (Wildman–Crippen MR) is 92.8 cm³/mol. The molecule has 1 aromatic carbocycles. The number of hydrazone groups is 1. The van der Waals surface area contributed by atoms with E-state index in [1.165, 1.54) is 12.0 Å². The molecule has 1 fully saturated rings. The van der Waals surface area contributed by atoms with Crippen LogP contribution in [-0.2, 0) is 6.54 Å². The highest BCUT2D eigenvalue weighted by Crippen LogP contribution is 2.19. The Labute approximate surface area is 136 Å². The fourth-order valence-electron chi connectivity index (χ4n) is 2.42. The summed E-state index contributed by atoms with van der Waals surface area (Å²) in [5.74, 6) is 0. The molecule has 0 aromatic heterocycles. The maximum atomic E-state index is 5.92. The van der Waals surface area contributed by atoms with Crippen LogP contribution in [0.4, 0.5) is 0 Å².